The Hall–Kier alpha value is -1.69. The minimum atomic E-state index is -3.10. The van der Waals surface area contributed by atoms with Crippen LogP contribution in [0.1, 0.15) is 5.56 Å². The number of alkyl halides is 2. The van der Waals surface area contributed by atoms with Gasteiger partial charge >= 0.3 is 5.76 Å². The number of nitrogens with zero attached hydrogens (tertiary/aromatic N) is 1. The maximum absolute atomic E-state index is 13.3. The lowest BCUT2D eigenvalue weighted by Crippen LogP contribution is -2.25. The molecule has 0 fully saturated rings. The van der Waals surface area contributed by atoms with Gasteiger partial charge in [0, 0.05) is 12.6 Å². The van der Waals surface area contributed by atoms with Crippen LogP contribution in [-0.2, 0) is 13.0 Å². The van der Waals surface area contributed by atoms with E-state index in [4.69, 9.17) is 10.2 Å². The summed E-state index contributed by atoms with van der Waals surface area (Å²) in [6, 6.07) is 3.76. The van der Waals surface area contributed by atoms with E-state index in [1.807, 2.05) is 0 Å². The van der Waals surface area contributed by atoms with Crippen LogP contribution in [0.3, 0.4) is 0 Å². The van der Waals surface area contributed by atoms with Crippen LogP contribution < -0.4 is 11.5 Å². The first-order valence-corrected chi connectivity index (χ1v) is 4.63. The third-order valence-corrected chi connectivity index (χ3v) is 2.47. The van der Waals surface area contributed by atoms with Gasteiger partial charge in [0.2, 0.25) is 0 Å². The van der Waals surface area contributed by atoms with E-state index in [0.717, 1.165) is 0 Å². The number of halogens is 2. The van der Waals surface area contributed by atoms with E-state index in [2.05, 4.69) is 0 Å². The van der Waals surface area contributed by atoms with Crippen LogP contribution in [-0.4, -0.2) is 11.1 Å². The molecule has 86 valence electrons. The molecule has 6 heteroatoms. The summed E-state index contributed by atoms with van der Waals surface area (Å²) in [6.45, 7) is -0.774. The van der Waals surface area contributed by atoms with E-state index < -0.39 is 18.2 Å². The van der Waals surface area contributed by atoms with Gasteiger partial charge in [0.1, 0.15) is 0 Å². The van der Waals surface area contributed by atoms with Crippen molar-refractivity contribution in [2.24, 2.45) is 12.8 Å². The molecule has 2 rings (SSSR count). The molecule has 0 saturated heterocycles. The van der Waals surface area contributed by atoms with Gasteiger partial charge in [-0.3, -0.25) is 4.57 Å². The molecule has 2 aromatic rings. The molecule has 0 amide bonds. The number of aryl methyl sites for hydroxylation is 1. The summed E-state index contributed by atoms with van der Waals surface area (Å²) in [7, 11) is 1.46. The fraction of sp³-hybridized carbons (Fsp3) is 0.300. The molecule has 16 heavy (non-hydrogen) atoms. The molecule has 0 spiro atoms. The Morgan fingerprint density at radius 3 is 2.81 bits per heavy atom. The highest BCUT2D eigenvalue weighted by Gasteiger charge is 2.30. The standard InChI is InChI=1S/C10H10F2N2O2/c1-14-7-4-6(10(11,12)5-13)2-3-8(7)16-9(14)15/h2-4H,5,13H2,1H3. The fourth-order valence-electron chi connectivity index (χ4n) is 1.47. The number of nitrogens with two attached hydrogens (primary N) is 1. The van der Waals surface area contributed by atoms with Crippen molar-refractivity contribution in [1.82, 2.24) is 4.57 Å². The monoisotopic (exact) mass is 228 g/mol. The first-order valence-electron chi connectivity index (χ1n) is 4.63. The van der Waals surface area contributed by atoms with E-state index in [1.54, 1.807) is 0 Å². The molecule has 0 atom stereocenters. The zero-order chi connectivity index (χ0) is 11.9. The van der Waals surface area contributed by atoms with Gasteiger partial charge in [0.15, 0.2) is 5.58 Å². The number of aromatic nitrogens is 1. The van der Waals surface area contributed by atoms with Gasteiger partial charge in [-0.2, -0.15) is 8.78 Å². The van der Waals surface area contributed by atoms with Crippen molar-refractivity contribution in [2.75, 3.05) is 6.54 Å². The average molecular weight is 228 g/mol. The summed E-state index contributed by atoms with van der Waals surface area (Å²) in [5, 5.41) is 0. The number of oxazole rings is 1. The van der Waals surface area contributed by atoms with Crippen molar-refractivity contribution >= 4 is 11.1 Å². The van der Waals surface area contributed by atoms with E-state index in [1.165, 1.54) is 29.8 Å². The number of benzene rings is 1. The normalized spacial score (nSPS) is 12.2. The SMILES string of the molecule is Cn1c(=O)oc2ccc(C(F)(F)CN)cc21. The van der Waals surface area contributed by atoms with Crippen LogP contribution in [0.2, 0.25) is 0 Å². The molecule has 1 aromatic heterocycles. The molecule has 0 aliphatic carbocycles. The fourth-order valence-corrected chi connectivity index (χ4v) is 1.47. The predicted octanol–water partition coefficient (Wildman–Crippen LogP) is 1.18. The summed E-state index contributed by atoms with van der Waals surface area (Å²) in [4.78, 5) is 11.2. The average Bonchev–Trinajstić information content (AvgIpc) is 2.55. The van der Waals surface area contributed by atoms with Crippen molar-refractivity contribution < 1.29 is 13.2 Å². The first-order chi connectivity index (χ1) is 7.45. The van der Waals surface area contributed by atoms with Gasteiger partial charge < -0.3 is 10.2 Å². The van der Waals surface area contributed by atoms with Crippen molar-refractivity contribution in [1.29, 1.82) is 0 Å². The van der Waals surface area contributed by atoms with E-state index >= 15 is 0 Å². The molecule has 0 unspecified atom stereocenters. The molecule has 0 radical (unpaired) electrons. The lowest BCUT2D eigenvalue weighted by Gasteiger charge is -2.13. The highest BCUT2D eigenvalue weighted by Crippen LogP contribution is 2.28. The van der Waals surface area contributed by atoms with Crippen LogP contribution in [0.15, 0.2) is 27.4 Å². The Balaban J connectivity index is 2.68. The maximum atomic E-state index is 13.3. The van der Waals surface area contributed by atoms with Gasteiger partial charge in [0.05, 0.1) is 12.1 Å². The molecule has 1 aromatic carbocycles. The number of fused-ring (bicyclic) bond motifs is 1. The summed E-state index contributed by atoms with van der Waals surface area (Å²) in [5.41, 5.74) is 5.37. The molecule has 0 aliphatic rings. The first kappa shape index (κ1) is 10.8. The summed E-state index contributed by atoms with van der Waals surface area (Å²) in [5.74, 6) is -3.68. The van der Waals surface area contributed by atoms with Gasteiger partial charge in [-0.25, -0.2) is 4.79 Å². The quantitative estimate of drug-likeness (QED) is 0.839. The minimum absolute atomic E-state index is 0.223. The zero-order valence-corrected chi connectivity index (χ0v) is 8.54. The number of hydrogen-bond acceptors (Lipinski definition) is 3. The van der Waals surface area contributed by atoms with Crippen LogP contribution in [0, 0.1) is 0 Å². The van der Waals surface area contributed by atoms with E-state index in [9.17, 15) is 13.6 Å². The van der Waals surface area contributed by atoms with Crippen LogP contribution in [0.5, 0.6) is 0 Å². The van der Waals surface area contributed by atoms with Crippen molar-refractivity contribution in [2.45, 2.75) is 5.92 Å². The third-order valence-electron chi connectivity index (χ3n) is 2.47. The van der Waals surface area contributed by atoms with Crippen molar-refractivity contribution in [3.63, 3.8) is 0 Å². The summed E-state index contributed by atoms with van der Waals surface area (Å²) < 4.78 is 32.6. The Kier molecular flexibility index (Phi) is 2.31. The third kappa shape index (κ3) is 1.51. The molecular formula is C10H10F2N2O2. The molecule has 4 nitrogen and oxygen atoms in total. The molecular weight excluding hydrogens is 218 g/mol. The number of hydrogen-bond donors (Lipinski definition) is 1. The second-order valence-corrected chi connectivity index (χ2v) is 3.52. The molecule has 0 saturated carbocycles. The van der Waals surface area contributed by atoms with E-state index in [-0.39, 0.29) is 11.1 Å². The topological polar surface area (TPSA) is 61.2 Å². The van der Waals surface area contributed by atoms with Crippen LogP contribution in [0.4, 0.5) is 8.78 Å². The van der Waals surface area contributed by atoms with Gasteiger partial charge in [0.25, 0.3) is 5.92 Å². The summed E-state index contributed by atoms with van der Waals surface area (Å²) in [6.07, 6.45) is 0. The lowest BCUT2D eigenvalue weighted by atomic mass is 10.1. The van der Waals surface area contributed by atoms with Crippen LogP contribution in [0.25, 0.3) is 11.1 Å². The van der Waals surface area contributed by atoms with Crippen molar-refractivity contribution in [3.8, 4) is 0 Å². The Bertz CT molecular complexity index is 586. The van der Waals surface area contributed by atoms with E-state index in [0.29, 0.717) is 5.52 Å². The smallest absolute Gasteiger partial charge is 0.408 e. The predicted molar refractivity (Wildman–Crippen MR) is 54.4 cm³/mol. The Labute approximate surface area is 89.3 Å². The molecule has 0 bridgehead atoms. The lowest BCUT2D eigenvalue weighted by molar-refractivity contribution is 0.00606. The second kappa shape index (κ2) is 3.41. The minimum Gasteiger partial charge on any atom is -0.408 e. The van der Waals surface area contributed by atoms with Crippen molar-refractivity contribution in [3.05, 3.63) is 34.3 Å². The molecule has 0 aliphatic heterocycles. The molecule has 1 heterocycles. The largest absolute Gasteiger partial charge is 0.419 e. The zero-order valence-electron chi connectivity index (χ0n) is 8.54. The highest BCUT2D eigenvalue weighted by atomic mass is 19.3. The maximum Gasteiger partial charge on any atom is 0.419 e. The van der Waals surface area contributed by atoms with Gasteiger partial charge in [-0.05, 0) is 18.2 Å². The van der Waals surface area contributed by atoms with Crippen LogP contribution >= 0.6 is 0 Å². The summed E-state index contributed by atoms with van der Waals surface area (Å²) >= 11 is 0. The Morgan fingerprint density at radius 1 is 1.50 bits per heavy atom. The van der Waals surface area contributed by atoms with Gasteiger partial charge in [-0.15, -0.1) is 0 Å². The Morgan fingerprint density at radius 2 is 2.19 bits per heavy atom. The molecule has 2 N–H and O–H groups in total. The van der Waals surface area contributed by atoms with Gasteiger partial charge in [-0.1, -0.05) is 0 Å². The number of rotatable bonds is 2. The highest BCUT2D eigenvalue weighted by molar-refractivity contribution is 5.73. The second-order valence-electron chi connectivity index (χ2n) is 3.52.